The van der Waals surface area contributed by atoms with E-state index in [2.05, 4.69) is 43.6 Å². The van der Waals surface area contributed by atoms with Crippen molar-refractivity contribution in [2.75, 3.05) is 26.0 Å². The number of carbonyl (C=O) groups is 1. The van der Waals surface area contributed by atoms with Gasteiger partial charge in [0.05, 0.1) is 23.9 Å². The smallest absolute Gasteiger partial charge is 0.251 e. The number of benzene rings is 1. The molecule has 0 saturated carbocycles. The van der Waals surface area contributed by atoms with Crippen LogP contribution in [-0.2, 0) is 0 Å². The Morgan fingerprint density at radius 3 is 2.71 bits per heavy atom. The van der Waals surface area contributed by atoms with Gasteiger partial charge in [0.15, 0.2) is 0 Å². The molecule has 0 saturated heterocycles. The van der Waals surface area contributed by atoms with Crippen molar-refractivity contribution in [2.45, 2.75) is 26.2 Å². The lowest BCUT2D eigenvalue weighted by atomic mass is 9.92. The van der Waals surface area contributed by atoms with Crippen LogP contribution in [-0.4, -0.2) is 46.5 Å². The van der Waals surface area contributed by atoms with E-state index in [0.717, 1.165) is 45.5 Å². The van der Waals surface area contributed by atoms with Crippen LogP contribution < -0.4 is 15.4 Å². The van der Waals surface area contributed by atoms with Gasteiger partial charge >= 0.3 is 0 Å². The summed E-state index contributed by atoms with van der Waals surface area (Å²) in [5, 5.41) is 7.01. The molecular weight excluding hydrogens is 428 g/mol. The number of amides is 1. The van der Waals surface area contributed by atoms with Gasteiger partial charge < -0.3 is 15.4 Å². The predicted octanol–water partition coefficient (Wildman–Crippen LogP) is 4.37. The van der Waals surface area contributed by atoms with Gasteiger partial charge in [-0.15, -0.1) is 0 Å². The van der Waals surface area contributed by atoms with E-state index >= 15 is 0 Å². The third-order valence-corrected chi connectivity index (χ3v) is 5.92. The highest BCUT2D eigenvalue weighted by atomic mass is 16.5. The summed E-state index contributed by atoms with van der Waals surface area (Å²) in [6.45, 7) is 4.76. The van der Waals surface area contributed by atoms with Gasteiger partial charge in [-0.2, -0.15) is 0 Å². The third kappa shape index (κ3) is 4.66. The molecule has 0 aliphatic heterocycles. The molecule has 4 aromatic rings. The summed E-state index contributed by atoms with van der Waals surface area (Å²) in [5.74, 6) is 1.40. The second kappa shape index (κ2) is 10.2. The second-order valence-corrected chi connectivity index (χ2v) is 8.01. The number of nitrogens with zero attached hydrogens (tertiary/aromatic N) is 4. The van der Waals surface area contributed by atoms with Gasteiger partial charge in [-0.3, -0.25) is 9.78 Å². The molecule has 0 radical (unpaired) electrons. The number of rotatable bonds is 8. The Morgan fingerprint density at radius 2 is 1.97 bits per heavy atom. The average molecular weight is 457 g/mol. The standard InChI is InChI=1S/C26H28N6O2/c1-5-17(19-7-6-8-20-21(25(33)27-3)9-10-28-24(19)20)13-29-23-12-22(31-15-32-23)18-11-16(2)26(34-4)30-14-18/h6-12,14-15,17H,5,13H2,1-4H3,(H,27,33)(H,29,31,32). The number of hydrogen-bond acceptors (Lipinski definition) is 7. The minimum Gasteiger partial charge on any atom is -0.481 e. The molecule has 1 aromatic carbocycles. The molecule has 8 nitrogen and oxygen atoms in total. The number of nitrogens with one attached hydrogen (secondary N) is 2. The highest BCUT2D eigenvalue weighted by Crippen LogP contribution is 2.29. The highest BCUT2D eigenvalue weighted by Gasteiger charge is 2.17. The fraction of sp³-hybridized carbons (Fsp3) is 0.269. The lowest BCUT2D eigenvalue weighted by Gasteiger charge is -2.19. The molecule has 0 aliphatic carbocycles. The van der Waals surface area contributed by atoms with Gasteiger partial charge in [-0.1, -0.05) is 25.1 Å². The molecule has 0 aliphatic rings. The van der Waals surface area contributed by atoms with E-state index in [-0.39, 0.29) is 11.8 Å². The largest absolute Gasteiger partial charge is 0.481 e. The molecule has 1 atom stereocenters. The molecule has 0 spiro atoms. The van der Waals surface area contributed by atoms with Crippen LogP contribution in [0.3, 0.4) is 0 Å². The topological polar surface area (TPSA) is 102 Å². The molecule has 174 valence electrons. The number of fused-ring (bicyclic) bond motifs is 1. The number of methoxy groups -OCH3 is 1. The van der Waals surface area contributed by atoms with Crippen molar-refractivity contribution in [1.29, 1.82) is 0 Å². The van der Waals surface area contributed by atoms with Crippen molar-refractivity contribution in [3.05, 3.63) is 71.8 Å². The van der Waals surface area contributed by atoms with Gasteiger partial charge in [0.25, 0.3) is 5.91 Å². The van der Waals surface area contributed by atoms with Crippen LogP contribution in [0.1, 0.15) is 40.7 Å². The normalized spacial score (nSPS) is 11.8. The molecule has 34 heavy (non-hydrogen) atoms. The van der Waals surface area contributed by atoms with Crippen molar-refractivity contribution in [3.8, 4) is 17.1 Å². The van der Waals surface area contributed by atoms with Crippen molar-refractivity contribution < 1.29 is 9.53 Å². The Hall–Kier alpha value is -4.07. The number of ether oxygens (including phenoxy) is 1. The Bertz CT molecular complexity index is 1320. The van der Waals surface area contributed by atoms with E-state index in [1.54, 1.807) is 38.9 Å². The molecule has 1 unspecified atom stereocenters. The second-order valence-electron chi connectivity index (χ2n) is 8.01. The molecule has 8 heteroatoms. The number of hydrogen-bond donors (Lipinski definition) is 2. The number of para-hydroxylation sites is 1. The van der Waals surface area contributed by atoms with Gasteiger partial charge in [0, 0.05) is 54.5 Å². The Morgan fingerprint density at radius 1 is 1.12 bits per heavy atom. The van der Waals surface area contributed by atoms with Crippen LogP contribution in [0.25, 0.3) is 22.2 Å². The number of anilines is 1. The summed E-state index contributed by atoms with van der Waals surface area (Å²) in [7, 11) is 3.24. The van der Waals surface area contributed by atoms with Gasteiger partial charge in [-0.05, 0) is 31.0 Å². The molecule has 4 rings (SSSR count). The Balaban J connectivity index is 1.58. The maximum atomic E-state index is 12.3. The summed E-state index contributed by atoms with van der Waals surface area (Å²) >= 11 is 0. The van der Waals surface area contributed by atoms with Crippen LogP contribution in [0.4, 0.5) is 5.82 Å². The van der Waals surface area contributed by atoms with E-state index in [9.17, 15) is 4.79 Å². The molecule has 0 bridgehead atoms. The number of pyridine rings is 2. The molecule has 0 fully saturated rings. The maximum absolute atomic E-state index is 12.3. The minimum absolute atomic E-state index is 0.118. The zero-order valence-corrected chi connectivity index (χ0v) is 19.8. The van der Waals surface area contributed by atoms with Gasteiger partial charge in [0.1, 0.15) is 12.1 Å². The van der Waals surface area contributed by atoms with Gasteiger partial charge in [0.2, 0.25) is 5.88 Å². The molecule has 2 N–H and O–H groups in total. The quantitative estimate of drug-likeness (QED) is 0.406. The number of aromatic nitrogens is 4. The van der Waals surface area contributed by atoms with Crippen LogP contribution in [0.2, 0.25) is 0 Å². The average Bonchev–Trinajstić information content (AvgIpc) is 2.88. The summed E-state index contributed by atoms with van der Waals surface area (Å²) < 4.78 is 5.25. The lowest BCUT2D eigenvalue weighted by molar-refractivity contribution is 0.0964. The lowest BCUT2D eigenvalue weighted by Crippen LogP contribution is -2.18. The summed E-state index contributed by atoms with van der Waals surface area (Å²) in [5.41, 5.74) is 5.20. The Labute approximate surface area is 198 Å². The first-order valence-electron chi connectivity index (χ1n) is 11.2. The SMILES string of the molecule is CCC(CNc1cc(-c2cnc(OC)c(C)c2)ncn1)c1cccc2c(C(=O)NC)ccnc12. The predicted molar refractivity (Wildman–Crippen MR) is 133 cm³/mol. The number of aryl methyl sites for hydroxylation is 1. The maximum Gasteiger partial charge on any atom is 0.251 e. The summed E-state index contributed by atoms with van der Waals surface area (Å²) in [6, 6.07) is 11.7. The van der Waals surface area contributed by atoms with Crippen molar-refractivity contribution in [1.82, 2.24) is 25.3 Å². The van der Waals surface area contributed by atoms with E-state index in [0.29, 0.717) is 18.0 Å². The Kier molecular flexibility index (Phi) is 6.96. The van der Waals surface area contributed by atoms with Crippen LogP contribution in [0.15, 0.2) is 55.1 Å². The van der Waals surface area contributed by atoms with E-state index in [1.165, 1.54) is 0 Å². The van der Waals surface area contributed by atoms with Crippen LogP contribution >= 0.6 is 0 Å². The first-order valence-corrected chi connectivity index (χ1v) is 11.2. The third-order valence-electron chi connectivity index (χ3n) is 5.92. The van der Waals surface area contributed by atoms with E-state index in [4.69, 9.17) is 4.74 Å². The monoisotopic (exact) mass is 456 g/mol. The van der Waals surface area contributed by atoms with E-state index < -0.39 is 0 Å². The first-order chi connectivity index (χ1) is 16.5. The highest BCUT2D eigenvalue weighted by molar-refractivity contribution is 6.06. The van der Waals surface area contributed by atoms with Crippen LogP contribution in [0, 0.1) is 6.92 Å². The molecular formula is C26H28N6O2. The minimum atomic E-state index is -0.118. The van der Waals surface area contributed by atoms with Gasteiger partial charge in [-0.25, -0.2) is 15.0 Å². The molecule has 3 aromatic heterocycles. The van der Waals surface area contributed by atoms with Crippen molar-refractivity contribution in [2.24, 2.45) is 0 Å². The summed E-state index contributed by atoms with van der Waals surface area (Å²) in [4.78, 5) is 30.1. The zero-order valence-electron chi connectivity index (χ0n) is 19.8. The summed E-state index contributed by atoms with van der Waals surface area (Å²) in [6.07, 6.45) is 5.89. The first kappa shape index (κ1) is 23.1. The zero-order chi connectivity index (χ0) is 24.1. The van der Waals surface area contributed by atoms with E-state index in [1.807, 2.05) is 31.2 Å². The fourth-order valence-electron chi connectivity index (χ4n) is 4.09. The number of carbonyl (C=O) groups excluding carboxylic acids is 1. The molecule has 1 amide bonds. The van der Waals surface area contributed by atoms with Crippen molar-refractivity contribution in [3.63, 3.8) is 0 Å². The van der Waals surface area contributed by atoms with Crippen LogP contribution in [0.5, 0.6) is 5.88 Å². The fourth-order valence-corrected chi connectivity index (χ4v) is 4.09. The van der Waals surface area contributed by atoms with Crippen molar-refractivity contribution >= 4 is 22.6 Å². The molecule has 3 heterocycles.